The van der Waals surface area contributed by atoms with Gasteiger partial charge in [-0.3, -0.25) is 4.98 Å². The second kappa shape index (κ2) is 9.70. The molecule has 1 heterocycles. The molecule has 1 aromatic rings. The summed E-state index contributed by atoms with van der Waals surface area (Å²) in [6.45, 7) is 9.31. The Morgan fingerprint density at radius 3 is 2.50 bits per heavy atom. The van der Waals surface area contributed by atoms with E-state index in [9.17, 15) is 0 Å². The third kappa shape index (κ3) is 7.43. The summed E-state index contributed by atoms with van der Waals surface area (Å²) in [5, 5.41) is 3.32. The highest BCUT2D eigenvalue weighted by molar-refractivity contribution is 5.07. The number of nitrogens with one attached hydrogen (secondary N) is 1. The van der Waals surface area contributed by atoms with Gasteiger partial charge in [0.25, 0.3) is 0 Å². The van der Waals surface area contributed by atoms with Crippen molar-refractivity contribution in [2.24, 2.45) is 0 Å². The fraction of sp³-hybridized carbons (Fsp3) is 0.750. The first-order valence-corrected chi connectivity index (χ1v) is 7.82. The summed E-state index contributed by atoms with van der Waals surface area (Å²) in [7, 11) is 0. The lowest BCUT2D eigenvalue weighted by Gasteiger charge is -2.13. The van der Waals surface area contributed by atoms with Crippen LogP contribution < -0.4 is 10.1 Å². The number of rotatable bonds is 10. The first-order valence-electron chi connectivity index (χ1n) is 7.82. The quantitative estimate of drug-likeness (QED) is 0.663. The average Bonchev–Trinajstić information content (AvgIpc) is 2.43. The van der Waals surface area contributed by atoms with E-state index in [1.54, 1.807) is 12.4 Å². The van der Waals surface area contributed by atoms with Crippen LogP contribution in [0.1, 0.15) is 65.5 Å². The largest absolute Gasteiger partial charge is 0.474 e. The molecule has 1 unspecified atom stereocenters. The van der Waals surface area contributed by atoms with Crippen molar-refractivity contribution in [2.45, 2.75) is 78.5 Å². The van der Waals surface area contributed by atoms with E-state index in [4.69, 9.17) is 4.74 Å². The number of nitrogens with zero attached hydrogens (tertiary/aromatic N) is 2. The molecule has 20 heavy (non-hydrogen) atoms. The number of aromatic nitrogens is 2. The fourth-order valence-corrected chi connectivity index (χ4v) is 1.93. The van der Waals surface area contributed by atoms with Crippen LogP contribution in [-0.2, 0) is 6.54 Å². The lowest BCUT2D eigenvalue weighted by molar-refractivity contribution is 0.197. The van der Waals surface area contributed by atoms with Crippen molar-refractivity contribution in [1.82, 2.24) is 15.3 Å². The second-order valence-electron chi connectivity index (χ2n) is 5.66. The van der Waals surface area contributed by atoms with Gasteiger partial charge in [-0.25, -0.2) is 4.98 Å². The number of hydrogen-bond donors (Lipinski definition) is 1. The van der Waals surface area contributed by atoms with Crippen LogP contribution in [0.25, 0.3) is 0 Å². The summed E-state index contributed by atoms with van der Waals surface area (Å²) in [5.41, 5.74) is 0.946. The molecular weight excluding hydrogens is 250 g/mol. The van der Waals surface area contributed by atoms with Crippen LogP contribution in [0.4, 0.5) is 0 Å². The standard InChI is InChI=1S/C16H29N3O/c1-5-6-7-8-9-14(4)20-16-12-18-15(11-19-16)10-17-13(2)3/h11-14,17H,5-10H2,1-4H3. The molecule has 0 saturated carbocycles. The van der Waals surface area contributed by atoms with Crippen molar-refractivity contribution in [3.63, 3.8) is 0 Å². The van der Waals surface area contributed by atoms with Gasteiger partial charge in [0, 0.05) is 12.6 Å². The van der Waals surface area contributed by atoms with Crippen LogP contribution in [0.15, 0.2) is 12.4 Å². The van der Waals surface area contributed by atoms with Gasteiger partial charge in [0.15, 0.2) is 0 Å². The Balaban J connectivity index is 2.29. The molecule has 0 aliphatic carbocycles. The number of ether oxygens (including phenoxy) is 1. The zero-order chi connectivity index (χ0) is 14.8. The van der Waals surface area contributed by atoms with Gasteiger partial charge in [-0.05, 0) is 19.8 Å². The molecule has 0 aliphatic heterocycles. The van der Waals surface area contributed by atoms with Crippen molar-refractivity contribution >= 4 is 0 Å². The minimum Gasteiger partial charge on any atom is -0.474 e. The van der Waals surface area contributed by atoms with Gasteiger partial charge in [0.1, 0.15) is 0 Å². The first-order chi connectivity index (χ1) is 9.61. The molecule has 0 radical (unpaired) electrons. The maximum Gasteiger partial charge on any atom is 0.232 e. The van der Waals surface area contributed by atoms with Crippen molar-refractivity contribution in [1.29, 1.82) is 0 Å². The second-order valence-corrected chi connectivity index (χ2v) is 5.66. The third-order valence-corrected chi connectivity index (χ3v) is 3.16. The number of unbranched alkanes of at least 4 members (excludes halogenated alkanes) is 3. The molecule has 0 aromatic carbocycles. The van der Waals surface area contributed by atoms with E-state index in [1.807, 2.05) is 0 Å². The Kier molecular flexibility index (Phi) is 8.19. The van der Waals surface area contributed by atoms with Crippen molar-refractivity contribution in [3.05, 3.63) is 18.1 Å². The Morgan fingerprint density at radius 2 is 1.90 bits per heavy atom. The summed E-state index contributed by atoms with van der Waals surface area (Å²) < 4.78 is 5.78. The Labute approximate surface area is 123 Å². The SMILES string of the molecule is CCCCCCC(C)Oc1cnc(CNC(C)C)cn1. The van der Waals surface area contributed by atoms with Gasteiger partial charge in [0.2, 0.25) is 5.88 Å². The van der Waals surface area contributed by atoms with Crippen LogP contribution in [0.5, 0.6) is 5.88 Å². The molecule has 0 fully saturated rings. The van der Waals surface area contributed by atoms with Crippen LogP contribution >= 0.6 is 0 Å². The maximum absolute atomic E-state index is 5.78. The van der Waals surface area contributed by atoms with Gasteiger partial charge in [0.05, 0.1) is 24.2 Å². The molecule has 0 bridgehead atoms. The normalized spacial score (nSPS) is 12.7. The van der Waals surface area contributed by atoms with Crippen LogP contribution in [0.3, 0.4) is 0 Å². The van der Waals surface area contributed by atoms with Gasteiger partial charge in [-0.2, -0.15) is 0 Å². The Bertz CT molecular complexity index is 351. The first kappa shape index (κ1) is 16.9. The van der Waals surface area contributed by atoms with E-state index in [2.05, 4.69) is 43.0 Å². The van der Waals surface area contributed by atoms with E-state index in [-0.39, 0.29) is 6.10 Å². The minimum absolute atomic E-state index is 0.209. The summed E-state index contributed by atoms with van der Waals surface area (Å²) in [6.07, 6.45) is 9.89. The summed E-state index contributed by atoms with van der Waals surface area (Å²) in [5.74, 6) is 0.626. The maximum atomic E-state index is 5.78. The summed E-state index contributed by atoms with van der Waals surface area (Å²) >= 11 is 0. The average molecular weight is 279 g/mol. The van der Waals surface area contributed by atoms with Gasteiger partial charge >= 0.3 is 0 Å². The highest BCUT2D eigenvalue weighted by atomic mass is 16.5. The monoisotopic (exact) mass is 279 g/mol. The minimum atomic E-state index is 0.209. The van der Waals surface area contributed by atoms with Crippen molar-refractivity contribution < 1.29 is 4.74 Å². The van der Waals surface area contributed by atoms with E-state index < -0.39 is 0 Å². The van der Waals surface area contributed by atoms with E-state index in [0.717, 1.165) is 18.7 Å². The van der Waals surface area contributed by atoms with E-state index >= 15 is 0 Å². The molecular formula is C16H29N3O. The van der Waals surface area contributed by atoms with E-state index in [1.165, 1.54) is 25.7 Å². The van der Waals surface area contributed by atoms with Crippen LogP contribution in [-0.4, -0.2) is 22.1 Å². The molecule has 0 saturated heterocycles. The summed E-state index contributed by atoms with van der Waals surface area (Å²) in [6, 6.07) is 0.455. The zero-order valence-corrected chi connectivity index (χ0v) is 13.4. The predicted octanol–water partition coefficient (Wildman–Crippen LogP) is 3.71. The smallest absolute Gasteiger partial charge is 0.232 e. The van der Waals surface area contributed by atoms with Crippen molar-refractivity contribution in [3.8, 4) is 5.88 Å². The molecule has 0 amide bonds. The fourth-order valence-electron chi connectivity index (χ4n) is 1.93. The van der Waals surface area contributed by atoms with Crippen LogP contribution in [0.2, 0.25) is 0 Å². The van der Waals surface area contributed by atoms with Crippen molar-refractivity contribution in [2.75, 3.05) is 0 Å². The van der Waals surface area contributed by atoms with Gasteiger partial charge in [-0.15, -0.1) is 0 Å². The lowest BCUT2D eigenvalue weighted by atomic mass is 10.1. The van der Waals surface area contributed by atoms with Gasteiger partial charge < -0.3 is 10.1 Å². The third-order valence-electron chi connectivity index (χ3n) is 3.16. The lowest BCUT2D eigenvalue weighted by Crippen LogP contribution is -2.22. The highest BCUT2D eigenvalue weighted by Gasteiger charge is 2.06. The Hall–Kier alpha value is -1.16. The summed E-state index contributed by atoms with van der Waals surface area (Å²) in [4.78, 5) is 8.68. The molecule has 114 valence electrons. The van der Waals surface area contributed by atoms with E-state index in [0.29, 0.717) is 11.9 Å². The molecule has 1 rings (SSSR count). The molecule has 0 spiro atoms. The molecule has 0 aliphatic rings. The Morgan fingerprint density at radius 1 is 1.10 bits per heavy atom. The highest BCUT2D eigenvalue weighted by Crippen LogP contribution is 2.12. The van der Waals surface area contributed by atoms with Gasteiger partial charge in [-0.1, -0.05) is 40.0 Å². The molecule has 1 N–H and O–H groups in total. The molecule has 1 aromatic heterocycles. The zero-order valence-electron chi connectivity index (χ0n) is 13.4. The van der Waals surface area contributed by atoms with Crippen LogP contribution in [0, 0.1) is 0 Å². The molecule has 4 heteroatoms. The molecule has 1 atom stereocenters. The topological polar surface area (TPSA) is 47.0 Å². The number of hydrogen-bond acceptors (Lipinski definition) is 4. The predicted molar refractivity (Wildman–Crippen MR) is 82.9 cm³/mol. The molecule has 4 nitrogen and oxygen atoms in total.